The number of hydrogen-bond acceptors (Lipinski definition) is 6. The van der Waals surface area contributed by atoms with E-state index in [1.54, 1.807) is 6.92 Å². The Morgan fingerprint density at radius 1 is 1.25 bits per heavy atom. The van der Waals surface area contributed by atoms with Crippen LogP contribution in [-0.2, 0) is 31.9 Å². The average Bonchev–Trinajstić information content (AvgIpc) is 2.89. The van der Waals surface area contributed by atoms with E-state index in [0.29, 0.717) is 16.5 Å². The third kappa shape index (κ3) is 4.35. The van der Waals surface area contributed by atoms with Crippen LogP contribution in [0, 0.1) is 5.92 Å². The first-order chi connectivity index (χ1) is 11.5. The highest BCUT2D eigenvalue weighted by Crippen LogP contribution is 2.40. The molecule has 2 rings (SSSR count). The van der Waals surface area contributed by atoms with Gasteiger partial charge in [-0.2, -0.15) is 0 Å². The summed E-state index contributed by atoms with van der Waals surface area (Å²) in [6.07, 6.45) is 3.87. The molecule has 1 atom stereocenters. The molecule has 132 valence electrons. The molecule has 1 unspecified atom stereocenters. The summed E-state index contributed by atoms with van der Waals surface area (Å²) in [7, 11) is 0. The van der Waals surface area contributed by atoms with Gasteiger partial charge in [-0.15, -0.1) is 11.3 Å². The van der Waals surface area contributed by atoms with Gasteiger partial charge in [-0.1, -0.05) is 13.3 Å². The van der Waals surface area contributed by atoms with Gasteiger partial charge in [0.25, 0.3) is 5.91 Å². The van der Waals surface area contributed by atoms with Crippen LogP contribution in [0.2, 0.25) is 0 Å². The highest BCUT2D eigenvalue weighted by molar-refractivity contribution is 7.17. The highest BCUT2D eigenvalue weighted by Gasteiger charge is 2.29. The van der Waals surface area contributed by atoms with Crippen molar-refractivity contribution in [2.45, 2.75) is 46.5 Å². The van der Waals surface area contributed by atoms with Crippen molar-refractivity contribution < 1.29 is 23.9 Å². The summed E-state index contributed by atoms with van der Waals surface area (Å²) in [5, 5.41) is 3.19. The Labute approximate surface area is 145 Å². The van der Waals surface area contributed by atoms with Crippen LogP contribution in [0.25, 0.3) is 0 Å². The minimum absolute atomic E-state index is 0.280. The Morgan fingerprint density at radius 2 is 2.00 bits per heavy atom. The van der Waals surface area contributed by atoms with E-state index in [4.69, 9.17) is 9.47 Å². The van der Waals surface area contributed by atoms with E-state index in [0.717, 1.165) is 36.1 Å². The fourth-order valence-electron chi connectivity index (χ4n) is 2.84. The lowest BCUT2D eigenvalue weighted by Gasteiger charge is -2.20. The second-order valence-corrected chi connectivity index (χ2v) is 6.88. The van der Waals surface area contributed by atoms with Gasteiger partial charge >= 0.3 is 11.9 Å². The van der Waals surface area contributed by atoms with Crippen molar-refractivity contribution in [2.24, 2.45) is 5.92 Å². The predicted molar refractivity (Wildman–Crippen MR) is 91.3 cm³/mol. The fourth-order valence-corrected chi connectivity index (χ4v) is 4.21. The van der Waals surface area contributed by atoms with E-state index in [9.17, 15) is 14.4 Å². The Morgan fingerprint density at radius 3 is 2.62 bits per heavy atom. The number of fused-ring (bicyclic) bond motifs is 1. The summed E-state index contributed by atoms with van der Waals surface area (Å²) in [6.45, 7) is 5.08. The van der Waals surface area contributed by atoms with Crippen molar-refractivity contribution in [3.05, 3.63) is 16.0 Å². The number of hydrogen-bond donors (Lipinski definition) is 1. The lowest BCUT2D eigenvalue weighted by atomic mass is 9.85. The van der Waals surface area contributed by atoms with E-state index < -0.39 is 17.8 Å². The maximum absolute atomic E-state index is 12.3. The Hall–Kier alpha value is -1.89. The van der Waals surface area contributed by atoms with Crippen molar-refractivity contribution in [1.29, 1.82) is 0 Å². The second kappa shape index (κ2) is 8.28. The van der Waals surface area contributed by atoms with Crippen LogP contribution in [-0.4, -0.2) is 31.1 Å². The number of rotatable bonds is 6. The standard InChI is InChI=1S/C17H23NO5S/c1-4-11-6-7-12-13(8-11)24-16(15(12)17(21)22-5-2)18-14(20)9-23-10(3)19/h11H,4-9H2,1-3H3,(H,18,20). The molecule has 0 bridgehead atoms. The van der Waals surface area contributed by atoms with Gasteiger partial charge in [0.2, 0.25) is 0 Å². The number of thiophene rings is 1. The van der Waals surface area contributed by atoms with Gasteiger partial charge in [0.05, 0.1) is 12.2 Å². The molecule has 7 heteroatoms. The van der Waals surface area contributed by atoms with Crippen molar-refractivity contribution in [3.63, 3.8) is 0 Å². The van der Waals surface area contributed by atoms with Crippen LogP contribution in [0.3, 0.4) is 0 Å². The minimum atomic E-state index is -0.521. The van der Waals surface area contributed by atoms with E-state index in [-0.39, 0.29) is 13.2 Å². The number of amides is 1. The largest absolute Gasteiger partial charge is 0.462 e. The summed E-state index contributed by atoms with van der Waals surface area (Å²) in [6, 6.07) is 0. The minimum Gasteiger partial charge on any atom is -0.462 e. The first-order valence-corrected chi connectivity index (χ1v) is 9.02. The molecule has 1 amide bonds. The summed E-state index contributed by atoms with van der Waals surface area (Å²) < 4.78 is 9.85. The van der Waals surface area contributed by atoms with Crippen LogP contribution >= 0.6 is 11.3 Å². The van der Waals surface area contributed by atoms with Crippen LogP contribution < -0.4 is 5.32 Å². The molecule has 0 fully saturated rings. The fraction of sp³-hybridized carbons (Fsp3) is 0.588. The molecule has 0 saturated carbocycles. The summed E-state index contributed by atoms with van der Waals surface area (Å²) >= 11 is 1.42. The quantitative estimate of drug-likeness (QED) is 0.795. The van der Waals surface area contributed by atoms with Crippen LogP contribution in [0.15, 0.2) is 0 Å². The highest BCUT2D eigenvalue weighted by atomic mass is 32.1. The Kier molecular flexibility index (Phi) is 6.36. The average molecular weight is 353 g/mol. The third-order valence-electron chi connectivity index (χ3n) is 4.08. The van der Waals surface area contributed by atoms with Gasteiger partial charge in [0, 0.05) is 11.8 Å². The molecule has 1 aromatic rings. The SMILES string of the molecule is CCOC(=O)c1c(NC(=O)COC(C)=O)sc2c1CCC(CC)C2. The lowest BCUT2D eigenvalue weighted by molar-refractivity contribution is -0.144. The zero-order chi connectivity index (χ0) is 17.7. The molecule has 1 aliphatic carbocycles. The van der Waals surface area contributed by atoms with Crippen LogP contribution in [0.5, 0.6) is 0 Å². The third-order valence-corrected chi connectivity index (χ3v) is 5.25. The number of carbonyl (C=O) groups is 3. The molecule has 6 nitrogen and oxygen atoms in total. The van der Waals surface area contributed by atoms with Crippen LogP contribution in [0.4, 0.5) is 5.00 Å². The predicted octanol–water partition coefficient (Wildman–Crippen LogP) is 2.94. The molecule has 1 aliphatic rings. The van der Waals surface area contributed by atoms with Crippen LogP contribution in [0.1, 0.15) is 54.4 Å². The normalized spacial score (nSPS) is 16.2. The molecule has 0 aromatic carbocycles. The first kappa shape index (κ1) is 18.4. The number of carbonyl (C=O) groups excluding carboxylic acids is 3. The molecule has 0 spiro atoms. The molecule has 24 heavy (non-hydrogen) atoms. The summed E-state index contributed by atoms with van der Waals surface area (Å²) in [4.78, 5) is 36.2. The first-order valence-electron chi connectivity index (χ1n) is 8.21. The van der Waals surface area contributed by atoms with Crippen molar-refractivity contribution in [3.8, 4) is 0 Å². The monoisotopic (exact) mass is 353 g/mol. The topological polar surface area (TPSA) is 81.7 Å². The Bertz CT molecular complexity index is 637. The molecular weight excluding hydrogens is 330 g/mol. The summed E-state index contributed by atoms with van der Waals surface area (Å²) in [5.74, 6) is -0.781. The summed E-state index contributed by atoms with van der Waals surface area (Å²) in [5.41, 5.74) is 1.45. The number of anilines is 1. The maximum Gasteiger partial charge on any atom is 0.341 e. The number of ether oxygens (including phenoxy) is 2. The van der Waals surface area contributed by atoms with Gasteiger partial charge < -0.3 is 14.8 Å². The molecule has 0 saturated heterocycles. The van der Waals surface area contributed by atoms with Gasteiger partial charge in [0.15, 0.2) is 6.61 Å². The molecule has 1 heterocycles. The zero-order valence-electron chi connectivity index (χ0n) is 14.3. The lowest BCUT2D eigenvalue weighted by Crippen LogP contribution is -2.21. The maximum atomic E-state index is 12.3. The van der Waals surface area contributed by atoms with Gasteiger partial charge in [0.1, 0.15) is 5.00 Å². The molecule has 0 radical (unpaired) electrons. The number of esters is 2. The number of nitrogens with one attached hydrogen (secondary N) is 1. The molecule has 1 aromatic heterocycles. The van der Waals surface area contributed by atoms with E-state index in [1.165, 1.54) is 18.3 Å². The second-order valence-electron chi connectivity index (χ2n) is 5.77. The zero-order valence-corrected chi connectivity index (χ0v) is 15.1. The van der Waals surface area contributed by atoms with Gasteiger partial charge in [-0.25, -0.2) is 4.79 Å². The van der Waals surface area contributed by atoms with Crippen molar-refractivity contribution in [1.82, 2.24) is 0 Å². The molecule has 0 aliphatic heterocycles. The van der Waals surface area contributed by atoms with E-state index in [1.807, 2.05) is 0 Å². The van der Waals surface area contributed by atoms with Crippen molar-refractivity contribution in [2.75, 3.05) is 18.5 Å². The Balaban J connectivity index is 2.25. The van der Waals surface area contributed by atoms with E-state index in [2.05, 4.69) is 12.2 Å². The van der Waals surface area contributed by atoms with Crippen molar-refractivity contribution >= 4 is 34.2 Å². The van der Waals surface area contributed by atoms with Gasteiger partial charge in [-0.05, 0) is 37.7 Å². The van der Waals surface area contributed by atoms with Gasteiger partial charge in [-0.3, -0.25) is 9.59 Å². The molecular formula is C17H23NO5S. The molecule has 1 N–H and O–H groups in total. The smallest absolute Gasteiger partial charge is 0.341 e. The van der Waals surface area contributed by atoms with E-state index >= 15 is 0 Å².